The molecule has 0 atom stereocenters. The molecule has 174 valence electrons. The van der Waals surface area contributed by atoms with Crippen LogP contribution < -0.4 is 10.1 Å². The fraction of sp³-hybridized carbons (Fsp3) is 0.148. The Bertz CT molecular complexity index is 1500. The van der Waals surface area contributed by atoms with Gasteiger partial charge in [0, 0.05) is 29.2 Å². The molecule has 35 heavy (non-hydrogen) atoms. The minimum Gasteiger partial charge on any atom is -0.483 e. The molecule has 0 spiro atoms. The van der Waals surface area contributed by atoms with Gasteiger partial charge in [-0.3, -0.25) is 9.78 Å². The van der Waals surface area contributed by atoms with Gasteiger partial charge < -0.3 is 10.1 Å². The molecule has 1 amide bonds. The van der Waals surface area contributed by atoms with E-state index in [1.54, 1.807) is 16.9 Å². The zero-order valence-corrected chi connectivity index (χ0v) is 19.7. The van der Waals surface area contributed by atoms with Crippen LogP contribution in [0.15, 0.2) is 73.1 Å². The van der Waals surface area contributed by atoms with Crippen molar-refractivity contribution in [2.45, 2.75) is 20.8 Å². The molecule has 0 unspecified atom stereocenters. The van der Waals surface area contributed by atoms with Crippen LogP contribution in [0.1, 0.15) is 16.7 Å². The second-order valence-electron chi connectivity index (χ2n) is 8.40. The number of pyridine rings is 1. The lowest BCUT2D eigenvalue weighted by Crippen LogP contribution is -2.20. The Morgan fingerprint density at radius 2 is 1.74 bits per heavy atom. The number of hydrogen-bond acceptors (Lipinski definition) is 6. The Morgan fingerprint density at radius 1 is 0.943 bits per heavy atom. The Balaban J connectivity index is 1.34. The molecular weight excluding hydrogens is 440 g/mol. The molecular formula is C27H24N6O2. The lowest BCUT2D eigenvalue weighted by atomic mass is 10.1. The van der Waals surface area contributed by atoms with Gasteiger partial charge in [0.25, 0.3) is 5.91 Å². The van der Waals surface area contributed by atoms with Gasteiger partial charge in [-0.25, -0.2) is 0 Å². The normalized spacial score (nSPS) is 10.9. The van der Waals surface area contributed by atoms with E-state index in [4.69, 9.17) is 9.84 Å². The first kappa shape index (κ1) is 22.2. The van der Waals surface area contributed by atoms with Crippen molar-refractivity contribution in [1.29, 1.82) is 0 Å². The summed E-state index contributed by atoms with van der Waals surface area (Å²) in [5.41, 5.74) is 6.88. The number of rotatable bonds is 6. The molecule has 0 saturated heterocycles. The molecule has 0 aliphatic heterocycles. The van der Waals surface area contributed by atoms with Gasteiger partial charge in [-0.15, -0.1) is 10.2 Å². The number of amides is 1. The summed E-state index contributed by atoms with van der Waals surface area (Å²) >= 11 is 0. The maximum absolute atomic E-state index is 12.6. The van der Waals surface area contributed by atoms with Crippen molar-refractivity contribution in [1.82, 2.24) is 24.8 Å². The molecule has 3 aromatic heterocycles. The molecule has 5 aromatic rings. The number of anilines is 1. The van der Waals surface area contributed by atoms with E-state index in [1.807, 2.05) is 81.4 Å². The maximum atomic E-state index is 12.6. The predicted molar refractivity (Wildman–Crippen MR) is 134 cm³/mol. The predicted octanol–water partition coefficient (Wildman–Crippen LogP) is 4.80. The van der Waals surface area contributed by atoms with E-state index < -0.39 is 0 Å². The number of hydrogen-bond donors (Lipinski definition) is 1. The zero-order valence-electron chi connectivity index (χ0n) is 19.7. The molecule has 0 aliphatic carbocycles. The van der Waals surface area contributed by atoms with Crippen molar-refractivity contribution < 1.29 is 9.53 Å². The quantitative estimate of drug-likeness (QED) is 0.388. The molecule has 8 heteroatoms. The summed E-state index contributed by atoms with van der Waals surface area (Å²) < 4.78 is 7.51. The molecule has 0 radical (unpaired) electrons. The van der Waals surface area contributed by atoms with Crippen molar-refractivity contribution in [3.05, 3.63) is 89.7 Å². The van der Waals surface area contributed by atoms with Crippen LogP contribution in [-0.4, -0.2) is 37.3 Å². The van der Waals surface area contributed by atoms with Crippen LogP contribution in [0.5, 0.6) is 5.75 Å². The van der Waals surface area contributed by atoms with Gasteiger partial charge in [0.15, 0.2) is 18.1 Å². The number of aryl methyl sites for hydroxylation is 3. The van der Waals surface area contributed by atoms with Crippen molar-refractivity contribution in [2.75, 3.05) is 11.9 Å². The molecule has 0 fully saturated rings. The van der Waals surface area contributed by atoms with Crippen molar-refractivity contribution >= 4 is 17.2 Å². The van der Waals surface area contributed by atoms with Gasteiger partial charge in [-0.2, -0.15) is 9.61 Å². The Labute approximate surface area is 202 Å². The summed E-state index contributed by atoms with van der Waals surface area (Å²) in [6.07, 6.45) is 3.43. The highest BCUT2D eigenvalue weighted by Crippen LogP contribution is 2.25. The smallest absolute Gasteiger partial charge is 0.262 e. The SMILES string of the molecule is Cc1cc(C)c(OCC(=O)Nc2cccc(-c3ccc4nnc(-c5cccnc5)n4n3)c2)c(C)c1. The summed E-state index contributed by atoms with van der Waals surface area (Å²) in [7, 11) is 0. The van der Waals surface area contributed by atoms with Crippen molar-refractivity contribution in [2.24, 2.45) is 0 Å². The summed E-state index contributed by atoms with van der Waals surface area (Å²) in [5.74, 6) is 1.12. The highest BCUT2D eigenvalue weighted by Gasteiger charge is 2.12. The molecule has 0 saturated carbocycles. The second-order valence-corrected chi connectivity index (χ2v) is 8.40. The van der Waals surface area contributed by atoms with E-state index in [9.17, 15) is 4.79 Å². The summed E-state index contributed by atoms with van der Waals surface area (Å²) in [4.78, 5) is 16.7. The monoisotopic (exact) mass is 464 g/mol. The summed E-state index contributed by atoms with van der Waals surface area (Å²) in [5, 5.41) is 16.1. The summed E-state index contributed by atoms with van der Waals surface area (Å²) in [6, 6.07) is 19.1. The average Bonchev–Trinajstić information content (AvgIpc) is 3.27. The number of nitrogens with one attached hydrogen (secondary N) is 1. The first-order valence-corrected chi connectivity index (χ1v) is 11.2. The van der Waals surface area contributed by atoms with Crippen LogP contribution >= 0.6 is 0 Å². The number of aromatic nitrogens is 5. The van der Waals surface area contributed by atoms with E-state index in [-0.39, 0.29) is 12.5 Å². The maximum Gasteiger partial charge on any atom is 0.262 e. The third-order valence-electron chi connectivity index (χ3n) is 5.58. The highest BCUT2D eigenvalue weighted by molar-refractivity contribution is 5.92. The number of nitrogens with zero attached hydrogens (tertiary/aromatic N) is 5. The minimum absolute atomic E-state index is 0.0750. The van der Waals surface area contributed by atoms with E-state index in [1.165, 1.54) is 5.56 Å². The lowest BCUT2D eigenvalue weighted by Gasteiger charge is -2.13. The molecule has 8 nitrogen and oxygen atoms in total. The van der Waals surface area contributed by atoms with Crippen LogP contribution in [0.3, 0.4) is 0 Å². The Morgan fingerprint density at radius 3 is 2.51 bits per heavy atom. The number of ether oxygens (including phenoxy) is 1. The standard InChI is InChI=1S/C27H24N6O2/c1-17-12-18(2)26(19(3)13-17)35-16-25(34)29-22-8-4-6-20(14-22)23-9-10-24-30-31-27(33(24)32-23)21-7-5-11-28-15-21/h4-15H,16H2,1-3H3,(H,29,34). The first-order valence-electron chi connectivity index (χ1n) is 11.2. The van der Waals surface area contributed by atoms with E-state index in [0.29, 0.717) is 17.2 Å². The first-order chi connectivity index (χ1) is 17.0. The minimum atomic E-state index is -0.234. The van der Waals surface area contributed by atoms with E-state index in [0.717, 1.165) is 33.7 Å². The fourth-order valence-electron chi connectivity index (χ4n) is 4.10. The Kier molecular flexibility index (Phi) is 5.93. The van der Waals surface area contributed by atoms with Crippen LogP contribution in [0.4, 0.5) is 5.69 Å². The average molecular weight is 465 g/mol. The number of carbonyl (C=O) groups is 1. The van der Waals surface area contributed by atoms with Gasteiger partial charge >= 0.3 is 0 Å². The van der Waals surface area contributed by atoms with E-state index in [2.05, 4.69) is 20.5 Å². The Hall–Kier alpha value is -4.59. The zero-order chi connectivity index (χ0) is 24.4. The van der Waals surface area contributed by atoms with Crippen LogP contribution in [0, 0.1) is 20.8 Å². The third kappa shape index (κ3) is 4.72. The van der Waals surface area contributed by atoms with E-state index >= 15 is 0 Å². The molecule has 3 heterocycles. The number of fused-ring (bicyclic) bond motifs is 1. The molecule has 0 bridgehead atoms. The molecule has 2 aromatic carbocycles. The number of carbonyl (C=O) groups excluding carboxylic acids is 1. The second kappa shape index (κ2) is 9.34. The van der Waals surface area contributed by atoms with Gasteiger partial charge in [0.05, 0.1) is 5.69 Å². The largest absolute Gasteiger partial charge is 0.483 e. The highest BCUT2D eigenvalue weighted by atomic mass is 16.5. The van der Waals surface area contributed by atoms with Crippen molar-refractivity contribution in [3.63, 3.8) is 0 Å². The van der Waals surface area contributed by atoms with Crippen LogP contribution in [0.25, 0.3) is 28.3 Å². The third-order valence-corrected chi connectivity index (χ3v) is 5.58. The number of benzene rings is 2. The molecule has 1 N–H and O–H groups in total. The summed E-state index contributed by atoms with van der Waals surface area (Å²) in [6.45, 7) is 5.93. The topological polar surface area (TPSA) is 94.3 Å². The van der Waals surface area contributed by atoms with Crippen LogP contribution in [-0.2, 0) is 4.79 Å². The fourth-order valence-corrected chi connectivity index (χ4v) is 4.10. The molecule has 5 rings (SSSR count). The van der Waals surface area contributed by atoms with Gasteiger partial charge in [0.1, 0.15) is 5.75 Å². The van der Waals surface area contributed by atoms with Crippen molar-refractivity contribution in [3.8, 4) is 28.4 Å². The van der Waals surface area contributed by atoms with Gasteiger partial charge in [0.2, 0.25) is 0 Å². The van der Waals surface area contributed by atoms with Gasteiger partial charge in [-0.05, 0) is 68.3 Å². The van der Waals surface area contributed by atoms with Gasteiger partial charge in [-0.1, -0.05) is 29.8 Å². The lowest BCUT2D eigenvalue weighted by molar-refractivity contribution is -0.118. The molecule has 0 aliphatic rings. The van der Waals surface area contributed by atoms with Crippen LogP contribution in [0.2, 0.25) is 0 Å².